The summed E-state index contributed by atoms with van der Waals surface area (Å²) >= 11 is 0. The van der Waals surface area contributed by atoms with Crippen LogP contribution in [0.3, 0.4) is 0 Å². The molecular weight excluding hydrogens is 446 g/mol. The minimum Gasteiger partial charge on any atom is -0.481 e. The number of carboxylic acids is 3. The molecule has 0 bridgehead atoms. The van der Waals surface area contributed by atoms with Crippen molar-refractivity contribution in [3.63, 3.8) is 0 Å². The van der Waals surface area contributed by atoms with Gasteiger partial charge in [0.25, 0.3) is 0 Å². The summed E-state index contributed by atoms with van der Waals surface area (Å²) in [6.07, 6.45) is 16.4. The van der Waals surface area contributed by atoms with E-state index in [4.69, 9.17) is 0 Å². The van der Waals surface area contributed by atoms with Gasteiger partial charge in [-0.15, -0.1) is 0 Å². The Balaban J connectivity index is 5.04. The van der Waals surface area contributed by atoms with Gasteiger partial charge in [0.1, 0.15) is 0 Å². The Bertz CT molecular complexity index is 573. The van der Waals surface area contributed by atoms with Crippen molar-refractivity contribution in [2.45, 2.75) is 105 Å². The first-order valence-corrected chi connectivity index (χ1v) is 13.7. The van der Waals surface area contributed by atoms with Crippen LogP contribution in [-0.4, -0.2) is 63.9 Å². The highest BCUT2D eigenvalue weighted by molar-refractivity contribution is 5.70. The van der Waals surface area contributed by atoms with Crippen molar-refractivity contribution in [2.24, 2.45) is 17.8 Å². The van der Waals surface area contributed by atoms with Crippen molar-refractivity contribution in [3.8, 4) is 0 Å². The van der Waals surface area contributed by atoms with E-state index in [9.17, 15) is 29.7 Å². The molecule has 0 saturated heterocycles. The molecule has 0 heterocycles. The molecule has 0 amide bonds. The number of unbranched alkanes of at least 4 members (excludes halogenated alkanes) is 7. The van der Waals surface area contributed by atoms with Gasteiger partial charge in [0.15, 0.2) is 0 Å². The Morgan fingerprint density at radius 2 is 0.971 bits per heavy atom. The molecule has 0 aliphatic heterocycles. The third-order valence-electron chi connectivity index (χ3n) is 7.27. The summed E-state index contributed by atoms with van der Waals surface area (Å²) in [7, 11) is 0. The number of allylic oxidation sites excluding steroid dienone is 2. The Morgan fingerprint density at radius 3 is 1.34 bits per heavy atom. The molecule has 0 fully saturated rings. The minimum absolute atomic E-state index is 0.481. The first kappa shape index (κ1) is 33.1. The van der Waals surface area contributed by atoms with Crippen LogP contribution >= 0.6 is 0 Å². The van der Waals surface area contributed by atoms with Gasteiger partial charge in [-0.3, -0.25) is 14.4 Å². The number of hydrogen-bond acceptors (Lipinski definition) is 3. The molecule has 0 aromatic rings. The molecule has 3 N–H and O–H groups in total. The Labute approximate surface area is 213 Å². The van der Waals surface area contributed by atoms with Gasteiger partial charge < -0.3 is 19.8 Å². The van der Waals surface area contributed by atoms with Crippen LogP contribution in [0, 0.1) is 17.8 Å². The third-order valence-corrected chi connectivity index (χ3v) is 7.27. The second-order valence-corrected chi connectivity index (χ2v) is 10.5. The predicted octanol–water partition coefficient (Wildman–Crippen LogP) is 6.22. The largest absolute Gasteiger partial charge is 0.481 e. The molecule has 0 aliphatic rings. The monoisotopic (exact) mass is 498 g/mol. The zero-order chi connectivity index (χ0) is 26.7. The number of rotatable bonds is 23. The van der Waals surface area contributed by atoms with Gasteiger partial charge in [0, 0.05) is 19.3 Å². The molecule has 3 unspecified atom stereocenters. The van der Waals surface area contributed by atoms with Gasteiger partial charge in [-0.05, 0) is 38.5 Å². The number of carboxylic acid groups (broad SMARTS) is 3. The van der Waals surface area contributed by atoms with E-state index >= 15 is 0 Å². The van der Waals surface area contributed by atoms with Crippen molar-refractivity contribution in [3.05, 3.63) is 12.2 Å². The molecule has 7 nitrogen and oxygen atoms in total. The maximum absolute atomic E-state index is 11.4. The van der Waals surface area contributed by atoms with E-state index in [2.05, 4.69) is 19.1 Å². The van der Waals surface area contributed by atoms with Crippen molar-refractivity contribution >= 4 is 17.9 Å². The van der Waals surface area contributed by atoms with Crippen LogP contribution in [0.15, 0.2) is 12.2 Å². The topological polar surface area (TPSA) is 112 Å². The van der Waals surface area contributed by atoms with E-state index in [-0.39, 0.29) is 0 Å². The minimum atomic E-state index is -0.830. The molecule has 0 aliphatic carbocycles. The van der Waals surface area contributed by atoms with E-state index in [1.165, 1.54) is 19.3 Å². The fraction of sp³-hybridized carbons (Fsp3) is 0.821. The van der Waals surface area contributed by atoms with Crippen LogP contribution in [0.4, 0.5) is 0 Å². The summed E-state index contributed by atoms with van der Waals surface area (Å²) < 4.78 is 0.601. The van der Waals surface area contributed by atoms with Crippen LogP contribution < -0.4 is 0 Å². The lowest BCUT2D eigenvalue weighted by Gasteiger charge is -2.40. The number of carbonyl (C=O) groups is 3. The average Bonchev–Trinajstić information content (AvgIpc) is 2.82. The smallest absolute Gasteiger partial charge is 0.306 e. The SMILES string of the molecule is CCCCC/C=C/CCCCCC[N+](CCC(C)C(=O)O)(CCC(C)C(=O)O)CCC(C)C(=O)O. The van der Waals surface area contributed by atoms with Gasteiger partial charge in [-0.1, -0.05) is 59.1 Å². The first-order chi connectivity index (χ1) is 16.5. The van der Waals surface area contributed by atoms with Gasteiger partial charge in [-0.25, -0.2) is 0 Å². The van der Waals surface area contributed by atoms with Crippen LogP contribution in [-0.2, 0) is 14.4 Å². The molecule has 0 radical (unpaired) electrons. The first-order valence-electron chi connectivity index (χ1n) is 13.7. The average molecular weight is 499 g/mol. The summed E-state index contributed by atoms with van der Waals surface area (Å²) in [5, 5.41) is 28.1. The lowest BCUT2D eigenvalue weighted by Crippen LogP contribution is -2.52. The quantitative estimate of drug-likeness (QED) is 0.0875. The third kappa shape index (κ3) is 16.4. The summed E-state index contributed by atoms with van der Waals surface area (Å²) in [5.41, 5.74) is 0. The second kappa shape index (κ2) is 19.3. The number of nitrogens with zero attached hydrogens (tertiary/aromatic N) is 1. The molecule has 3 atom stereocenters. The standard InChI is InChI=1S/C28H51NO6/c1-5-6-7-8-9-10-11-12-13-14-15-19-29(20-16-23(2)26(30)31,21-17-24(3)27(32)33)22-18-25(4)28(34)35/h9-10,23-25H,5-8,11-22H2,1-4H3,(H2-,30,31,32,33,34,35)/p+1/b10-9+. The number of aliphatic carboxylic acids is 3. The Hall–Kier alpha value is -1.89. The van der Waals surface area contributed by atoms with E-state index in [0.29, 0.717) is 43.4 Å². The van der Waals surface area contributed by atoms with Crippen LogP contribution in [0.5, 0.6) is 0 Å². The second-order valence-electron chi connectivity index (χ2n) is 10.5. The van der Waals surface area contributed by atoms with Gasteiger partial charge in [-0.2, -0.15) is 0 Å². The summed E-state index contributed by atoms with van der Waals surface area (Å²) in [5.74, 6) is -3.93. The fourth-order valence-electron chi connectivity index (χ4n) is 4.25. The van der Waals surface area contributed by atoms with Gasteiger partial charge in [0.05, 0.1) is 43.9 Å². The van der Waals surface area contributed by atoms with E-state index < -0.39 is 35.7 Å². The van der Waals surface area contributed by atoms with E-state index in [1.807, 2.05) is 0 Å². The molecule has 0 aromatic heterocycles. The number of quaternary nitrogens is 1. The zero-order valence-corrected chi connectivity index (χ0v) is 22.7. The van der Waals surface area contributed by atoms with Crippen molar-refractivity contribution in [1.82, 2.24) is 0 Å². The molecule has 0 saturated carbocycles. The highest BCUT2D eigenvalue weighted by Gasteiger charge is 2.31. The Kier molecular flexibility index (Phi) is 18.3. The molecule has 204 valence electrons. The van der Waals surface area contributed by atoms with Gasteiger partial charge >= 0.3 is 17.9 Å². The predicted molar refractivity (Wildman–Crippen MR) is 140 cm³/mol. The lowest BCUT2D eigenvalue weighted by molar-refractivity contribution is -0.929. The van der Waals surface area contributed by atoms with Crippen molar-refractivity contribution in [1.29, 1.82) is 0 Å². The zero-order valence-electron chi connectivity index (χ0n) is 22.7. The van der Waals surface area contributed by atoms with E-state index in [1.54, 1.807) is 20.8 Å². The highest BCUT2D eigenvalue weighted by atomic mass is 16.4. The fourth-order valence-corrected chi connectivity index (χ4v) is 4.25. The normalized spacial score (nSPS) is 16.0. The van der Waals surface area contributed by atoms with Crippen molar-refractivity contribution in [2.75, 3.05) is 26.2 Å². The Morgan fingerprint density at radius 1 is 0.600 bits per heavy atom. The summed E-state index contributed by atoms with van der Waals surface area (Å²) in [4.78, 5) is 34.3. The van der Waals surface area contributed by atoms with Crippen LogP contribution in [0.1, 0.15) is 105 Å². The maximum Gasteiger partial charge on any atom is 0.306 e. The lowest BCUT2D eigenvalue weighted by atomic mass is 10.0. The maximum atomic E-state index is 11.4. The molecule has 0 aromatic carbocycles. The molecule has 7 heteroatoms. The van der Waals surface area contributed by atoms with Crippen LogP contribution in [0.2, 0.25) is 0 Å². The summed E-state index contributed by atoms with van der Waals surface area (Å²) in [6.45, 7) is 10.0. The van der Waals surface area contributed by atoms with Crippen molar-refractivity contribution < 1.29 is 34.2 Å². The molecule has 35 heavy (non-hydrogen) atoms. The number of hydrogen-bond donors (Lipinski definition) is 3. The van der Waals surface area contributed by atoms with Crippen LogP contribution in [0.25, 0.3) is 0 Å². The summed E-state index contributed by atoms with van der Waals surface area (Å²) in [6, 6.07) is 0. The van der Waals surface area contributed by atoms with Gasteiger partial charge in [0.2, 0.25) is 0 Å². The molecule has 0 rings (SSSR count). The highest BCUT2D eigenvalue weighted by Crippen LogP contribution is 2.21. The molecular formula is C28H52NO6+. The van der Waals surface area contributed by atoms with E-state index in [0.717, 1.165) is 45.1 Å². The molecule has 0 spiro atoms.